The number of thioether (sulfide) groups is 1. The Labute approximate surface area is 165 Å². The highest BCUT2D eigenvalue weighted by Gasteiger charge is 2.14. The smallest absolute Gasteiger partial charge is 0.237 e. The summed E-state index contributed by atoms with van der Waals surface area (Å²) in [4.78, 5) is 9.18. The number of rotatable bonds is 7. The van der Waals surface area contributed by atoms with Crippen molar-refractivity contribution in [2.45, 2.75) is 17.5 Å². The van der Waals surface area contributed by atoms with Gasteiger partial charge in [0.25, 0.3) is 0 Å². The Hall–Kier alpha value is -2.35. The predicted molar refractivity (Wildman–Crippen MR) is 106 cm³/mol. The molecule has 138 valence electrons. The van der Waals surface area contributed by atoms with Crippen molar-refractivity contribution in [2.24, 2.45) is 0 Å². The Bertz CT molecular complexity index is 1050. The fraction of sp³-hybridized carbons (Fsp3) is 0.211. The molecular weight excluding hydrogens is 384 g/mol. The molecule has 0 atom stereocenters. The zero-order valence-corrected chi connectivity index (χ0v) is 16.2. The Morgan fingerprint density at radius 2 is 2.00 bits per heavy atom. The summed E-state index contributed by atoms with van der Waals surface area (Å²) in [5.74, 6) is 1.68. The van der Waals surface area contributed by atoms with Gasteiger partial charge in [0.2, 0.25) is 11.7 Å². The van der Waals surface area contributed by atoms with Crippen molar-refractivity contribution in [3.63, 3.8) is 0 Å². The van der Waals surface area contributed by atoms with E-state index in [1.165, 1.54) is 0 Å². The SMILES string of the molecule is COCCn1c(SCc2nc(-c3ccccc3)no2)nc2cc(Cl)ccc21. The van der Waals surface area contributed by atoms with Crippen LogP contribution in [0.4, 0.5) is 0 Å². The molecule has 2 heterocycles. The molecule has 8 heteroatoms. The van der Waals surface area contributed by atoms with E-state index in [-0.39, 0.29) is 0 Å². The topological polar surface area (TPSA) is 66.0 Å². The Morgan fingerprint density at radius 1 is 1.15 bits per heavy atom. The first-order chi connectivity index (χ1) is 13.2. The highest BCUT2D eigenvalue weighted by atomic mass is 35.5. The third kappa shape index (κ3) is 4.00. The van der Waals surface area contributed by atoms with Crippen LogP contribution in [-0.4, -0.2) is 33.4 Å². The van der Waals surface area contributed by atoms with Gasteiger partial charge in [0, 0.05) is 24.2 Å². The fourth-order valence-corrected chi connectivity index (χ4v) is 3.78. The maximum Gasteiger partial charge on any atom is 0.237 e. The van der Waals surface area contributed by atoms with Crippen molar-refractivity contribution < 1.29 is 9.26 Å². The number of aromatic nitrogens is 4. The molecule has 0 radical (unpaired) electrons. The quantitative estimate of drug-likeness (QED) is 0.420. The van der Waals surface area contributed by atoms with Crippen LogP contribution in [0.15, 0.2) is 58.2 Å². The largest absolute Gasteiger partial charge is 0.383 e. The van der Waals surface area contributed by atoms with E-state index >= 15 is 0 Å². The minimum atomic E-state index is 0.532. The lowest BCUT2D eigenvalue weighted by Gasteiger charge is -2.07. The zero-order chi connectivity index (χ0) is 18.6. The molecule has 0 fully saturated rings. The van der Waals surface area contributed by atoms with Crippen LogP contribution in [0.3, 0.4) is 0 Å². The van der Waals surface area contributed by atoms with Gasteiger partial charge in [-0.3, -0.25) is 0 Å². The third-order valence-electron chi connectivity index (χ3n) is 4.02. The van der Waals surface area contributed by atoms with Crippen molar-refractivity contribution in [2.75, 3.05) is 13.7 Å². The normalized spacial score (nSPS) is 11.3. The molecule has 0 aliphatic rings. The van der Waals surface area contributed by atoms with Gasteiger partial charge in [0.05, 0.1) is 23.4 Å². The van der Waals surface area contributed by atoms with E-state index in [1.54, 1.807) is 18.9 Å². The van der Waals surface area contributed by atoms with Gasteiger partial charge >= 0.3 is 0 Å². The zero-order valence-electron chi connectivity index (χ0n) is 14.6. The third-order valence-corrected chi connectivity index (χ3v) is 5.22. The number of fused-ring (bicyclic) bond motifs is 1. The summed E-state index contributed by atoms with van der Waals surface area (Å²) >= 11 is 7.65. The summed E-state index contributed by atoms with van der Waals surface area (Å²) in [7, 11) is 1.69. The van der Waals surface area contributed by atoms with Crippen molar-refractivity contribution in [3.8, 4) is 11.4 Å². The van der Waals surface area contributed by atoms with Crippen LogP contribution in [0.1, 0.15) is 5.89 Å². The highest BCUT2D eigenvalue weighted by molar-refractivity contribution is 7.98. The lowest BCUT2D eigenvalue weighted by molar-refractivity contribution is 0.186. The molecule has 0 saturated heterocycles. The van der Waals surface area contributed by atoms with Crippen LogP contribution in [0.5, 0.6) is 0 Å². The molecular formula is C19H17ClN4O2S. The molecule has 0 bridgehead atoms. The molecule has 27 heavy (non-hydrogen) atoms. The number of ether oxygens (including phenoxy) is 1. The number of benzene rings is 2. The van der Waals surface area contributed by atoms with Gasteiger partial charge in [-0.25, -0.2) is 4.98 Å². The van der Waals surface area contributed by atoms with Crippen LogP contribution in [-0.2, 0) is 17.0 Å². The molecule has 0 spiro atoms. The van der Waals surface area contributed by atoms with E-state index < -0.39 is 0 Å². The second-order valence-corrected chi connectivity index (χ2v) is 7.22. The molecule has 0 aliphatic carbocycles. The average molecular weight is 401 g/mol. The molecule has 0 N–H and O–H groups in total. The first-order valence-corrected chi connectivity index (χ1v) is 9.76. The Morgan fingerprint density at radius 3 is 2.81 bits per heavy atom. The number of hydrogen-bond acceptors (Lipinski definition) is 6. The summed E-state index contributed by atoms with van der Waals surface area (Å²) in [6.45, 7) is 1.30. The summed E-state index contributed by atoms with van der Waals surface area (Å²) in [6.07, 6.45) is 0. The monoisotopic (exact) mass is 400 g/mol. The number of halogens is 1. The van der Waals surface area contributed by atoms with Crippen molar-refractivity contribution >= 4 is 34.4 Å². The van der Waals surface area contributed by atoms with Crippen LogP contribution in [0.25, 0.3) is 22.4 Å². The van der Waals surface area contributed by atoms with E-state index in [9.17, 15) is 0 Å². The van der Waals surface area contributed by atoms with Crippen molar-refractivity contribution in [1.29, 1.82) is 0 Å². The maximum atomic E-state index is 6.10. The lowest BCUT2D eigenvalue weighted by atomic mass is 10.2. The van der Waals surface area contributed by atoms with E-state index in [2.05, 4.69) is 14.7 Å². The van der Waals surface area contributed by atoms with Crippen LogP contribution in [0, 0.1) is 0 Å². The van der Waals surface area contributed by atoms with Crippen LogP contribution >= 0.6 is 23.4 Å². The highest BCUT2D eigenvalue weighted by Crippen LogP contribution is 2.28. The standard InChI is InChI=1S/C19H17ClN4O2S/c1-25-10-9-24-16-8-7-14(20)11-15(16)21-19(24)27-12-17-22-18(23-26-17)13-5-3-2-4-6-13/h2-8,11H,9-10,12H2,1H3. The van der Waals surface area contributed by atoms with Gasteiger partial charge in [-0.2, -0.15) is 4.98 Å². The van der Waals surface area contributed by atoms with Crippen LogP contribution < -0.4 is 0 Å². The first-order valence-electron chi connectivity index (χ1n) is 8.40. The number of imidazole rings is 1. The van der Waals surface area contributed by atoms with E-state index in [0.29, 0.717) is 35.6 Å². The molecule has 4 rings (SSSR count). The van der Waals surface area contributed by atoms with E-state index in [4.69, 9.17) is 25.8 Å². The molecule has 2 aromatic heterocycles. The van der Waals surface area contributed by atoms with Gasteiger partial charge in [-0.05, 0) is 18.2 Å². The lowest BCUT2D eigenvalue weighted by Crippen LogP contribution is -2.05. The summed E-state index contributed by atoms with van der Waals surface area (Å²) in [5.41, 5.74) is 2.81. The second kappa shape index (κ2) is 8.12. The summed E-state index contributed by atoms with van der Waals surface area (Å²) < 4.78 is 12.7. The molecule has 2 aromatic carbocycles. The minimum Gasteiger partial charge on any atom is -0.383 e. The molecule has 0 saturated carbocycles. The van der Waals surface area contributed by atoms with Gasteiger partial charge in [-0.1, -0.05) is 58.9 Å². The first kappa shape index (κ1) is 18.0. The summed E-state index contributed by atoms with van der Waals surface area (Å²) in [5, 5.41) is 5.59. The molecule has 0 amide bonds. The molecule has 0 unspecified atom stereocenters. The average Bonchev–Trinajstić information content (AvgIpc) is 3.29. The van der Waals surface area contributed by atoms with Gasteiger partial charge in [0.15, 0.2) is 5.16 Å². The molecule has 4 aromatic rings. The van der Waals surface area contributed by atoms with Crippen LogP contribution in [0.2, 0.25) is 5.02 Å². The van der Waals surface area contributed by atoms with Crippen molar-refractivity contribution in [1.82, 2.24) is 19.7 Å². The Balaban J connectivity index is 1.55. The maximum absolute atomic E-state index is 6.10. The Kier molecular flexibility index (Phi) is 5.42. The minimum absolute atomic E-state index is 0.532. The predicted octanol–water partition coefficient (Wildman–Crippen LogP) is 4.68. The van der Waals surface area contributed by atoms with Gasteiger partial charge in [0.1, 0.15) is 0 Å². The van der Waals surface area contributed by atoms with Crippen molar-refractivity contribution in [3.05, 3.63) is 59.4 Å². The number of nitrogens with zero attached hydrogens (tertiary/aromatic N) is 4. The molecule has 6 nitrogen and oxygen atoms in total. The van der Waals surface area contributed by atoms with Gasteiger partial charge < -0.3 is 13.8 Å². The fourth-order valence-electron chi connectivity index (χ4n) is 2.73. The van der Waals surface area contributed by atoms with E-state index in [1.807, 2.05) is 48.5 Å². The summed E-state index contributed by atoms with van der Waals surface area (Å²) in [6, 6.07) is 15.5. The van der Waals surface area contributed by atoms with Gasteiger partial charge in [-0.15, -0.1) is 0 Å². The molecule has 0 aliphatic heterocycles. The number of methoxy groups -OCH3 is 1. The van der Waals surface area contributed by atoms with E-state index in [0.717, 1.165) is 21.8 Å². The second-order valence-electron chi connectivity index (χ2n) is 5.84. The number of hydrogen-bond donors (Lipinski definition) is 0.